The summed E-state index contributed by atoms with van der Waals surface area (Å²) in [4.78, 5) is 52.8. The number of rotatable bonds is 5. The molecule has 0 radical (unpaired) electrons. The van der Waals surface area contributed by atoms with Gasteiger partial charge in [0, 0.05) is 49.4 Å². The fraction of sp³-hybridized carbons (Fsp3) is 0.296. The molecule has 1 atom stereocenters. The SMILES string of the molecule is CCC(C)N1C(=O)c2ccc(C(=O)N3CCN(c4cc(-c5ccccc5)ncn4)CC3)cc2C1=O. The van der Waals surface area contributed by atoms with E-state index in [1.54, 1.807) is 29.4 Å². The number of piperazine rings is 1. The first-order valence-corrected chi connectivity index (χ1v) is 11.9. The summed E-state index contributed by atoms with van der Waals surface area (Å²) in [6.07, 6.45) is 2.25. The van der Waals surface area contributed by atoms with Crippen LogP contribution >= 0.6 is 0 Å². The summed E-state index contributed by atoms with van der Waals surface area (Å²) in [6.45, 7) is 6.14. The molecule has 1 fully saturated rings. The summed E-state index contributed by atoms with van der Waals surface area (Å²) >= 11 is 0. The topological polar surface area (TPSA) is 86.7 Å². The van der Waals surface area contributed by atoms with Crippen molar-refractivity contribution in [3.8, 4) is 11.3 Å². The largest absolute Gasteiger partial charge is 0.353 e. The van der Waals surface area contributed by atoms with Crippen molar-refractivity contribution in [2.75, 3.05) is 31.1 Å². The van der Waals surface area contributed by atoms with Crippen molar-refractivity contribution >= 4 is 23.5 Å². The molecule has 178 valence electrons. The van der Waals surface area contributed by atoms with Crippen LogP contribution in [0.15, 0.2) is 60.9 Å². The zero-order chi connectivity index (χ0) is 24.5. The van der Waals surface area contributed by atoms with Gasteiger partial charge in [0.15, 0.2) is 0 Å². The zero-order valence-electron chi connectivity index (χ0n) is 19.8. The minimum Gasteiger partial charge on any atom is -0.353 e. The molecule has 5 rings (SSSR count). The molecule has 0 aliphatic carbocycles. The van der Waals surface area contributed by atoms with Crippen molar-refractivity contribution in [3.05, 3.63) is 77.6 Å². The van der Waals surface area contributed by atoms with E-state index >= 15 is 0 Å². The standard InChI is InChI=1S/C27H27N5O3/c1-3-18(2)32-26(34)21-10-9-20(15-22(21)27(32)35)25(33)31-13-11-30(12-14-31)24-16-23(28-17-29-24)19-7-5-4-6-8-19/h4-10,15-18H,3,11-14H2,1-2H3. The second-order valence-corrected chi connectivity index (χ2v) is 8.90. The fourth-order valence-electron chi connectivity index (χ4n) is 4.58. The van der Waals surface area contributed by atoms with Crippen LogP contribution in [0.2, 0.25) is 0 Å². The number of carbonyl (C=O) groups excluding carboxylic acids is 3. The lowest BCUT2D eigenvalue weighted by atomic mass is 10.0. The van der Waals surface area contributed by atoms with Crippen LogP contribution in [0, 0.1) is 0 Å². The Morgan fingerprint density at radius 2 is 1.63 bits per heavy atom. The average molecular weight is 470 g/mol. The normalized spacial score (nSPS) is 16.5. The van der Waals surface area contributed by atoms with E-state index in [1.165, 1.54) is 4.90 Å². The second kappa shape index (κ2) is 9.29. The maximum absolute atomic E-state index is 13.2. The van der Waals surface area contributed by atoms with E-state index in [-0.39, 0.29) is 23.8 Å². The van der Waals surface area contributed by atoms with Crippen molar-refractivity contribution in [2.45, 2.75) is 26.3 Å². The molecular formula is C27H27N5O3. The minimum atomic E-state index is -0.322. The molecule has 2 aliphatic heterocycles. The summed E-state index contributed by atoms with van der Waals surface area (Å²) in [5.74, 6) is 0.0866. The van der Waals surface area contributed by atoms with Crippen LogP contribution in [-0.4, -0.2) is 69.7 Å². The summed E-state index contributed by atoms with van der Waals surface area (Å²) in [7, 11) is 0. The number of amides is 3. The molecule has 3 aromatic rings. The number of imide groups is 1. The molecule has 0 spiro atoms. The van der Waals surface area contributed by atoms with Gasteiger partial charge in [-0.2, -0.15) is 0 Å². The van der Waals surface area contributed by atoms with Crippen LogP contribution in [0.25, 0.3) is 11.3 Å². The molecule has 8 nitrogen and oxygen atoms in total. The first-order valence-electron chi connectivity index (χ1n) is 11.9. The Balaban J connectivity index is 1.28. The van der Waals surface area contributed by atoms with Crippen LogP contribution in [0.3, 0.4) is 0 Å². The van der Waals surface area contributed by atoms with Gasteiger partial charge in [0.25, 0.3) is 17.7 Å². The molecule has 3 heterocycles. The van der Waals surface area contributed by atoms with Gasteiger partial charge in [-0.25, -0.2) is 9.97 Å². The number of aromatic nitrogens is 2. The van der Waals surface area contributed by atoms with Crippen LogP contribution in [-0.2, 0) is 0 Å². The third-order valence-electron chi connectivity index (χ3n) is 6.81. The maximum atomic E-state index is 13.2. The molecule has 8 heteroatoms. The molecule has 35 heavy (non-hydrogen) atoms. The number of anilines is 1. The Hall–Kier alpha value is -4.07. The van der Waals surface area contributed by atoms with Gasteiger partial charge in [0.1, 0.15) is 12.1 Å². The van der Waals surface area contributed by atoms with Crippen molar-refractivity contribution in [3.63, 3.8) is 0 Å². The molecule has 2 aromatic carbocycles. The van der Waals surface area contributed by atoms with Gasteiger partial charge in [-0.05, 0) is 31.5 Å². The van der Waals surface area contributed by atoms with Gasteiger partial charge < -0.3 is 9.80 Å². The lowest BCUT2D eigenvalue weighted by Crippen LogP contribution is -2.49. The van der Waals surface area contributed by atoms with Crippen LogP contribution in [0.4, 0.5) is 5.82 Å². The lowest BCUT2D eigenvalue weighted by molar-refractivity contribution is 0.0593. The monoisotopic (exact) mass is 469 g/mol. The summed E-state index contributed by atoms with van der Waals surface area (Å²) in [6, 6.07) is 16.6. The number of hydrogen-bond acceptors (Lipinski definition) is 6. The highest BCUT2D eigenvalue weighted by Crippen LogP contribution is 2.27. The molecule has 1 aromatic heterocycles. The number of hydrogen-bond donors (Lipinski definition) is 0. The molecule has 0 bridgehead atoms. The molecular weight excluding hydrogens is 442 g/mol. The highest BCUT2D eigenvalue weighted by molar-refractivity contribution is 6.22. The molecule has 2 aliphatic rings. The van der Waals surface area contributed by atoms with Gasteiger partial charge in [0.05, 0.1) is 16.8 Å². The summed E-state index contributed by atoms with van der Waals surface area (Å²) in [5, 5.41) is 0. The van der Waals surface area contributed by atoms with Crippen molar-refractivity contribution in [1.82, 2.24) is 19.8 Å². The summed E-state index contributed by atoms with van der Waals surface area (Å²) < 4.78 is 0. The second-order valence-electron chi connectivity index (χ2n) is 8.90. The van der Waals surface area contributed by atoms with E-state index in [2.05, 4.69) is 14.9 Å². The summed E-state index contributed by atoms with van der Waals surface area (Å²) in [5.41, 5.74) is 3.00. The van der Waals surface area contributed by atoms with Crippen molar-refractivity contribution < 1.29 is 14.4 Å². The van der Waals surface area contributed by atoms with Crippen LogP contribution in [0.1, 0.15) is 51.3 Å². The van der Waals surface area contributed by atoms with E-state index in [0.29, 0.717) is 49.3 Å². The van der Waals surface area contributed by atoms with Crippen LogP contribution in [0.5, 0.6) is 0 Å². The Kier molecular flexibility index (Phi) is 6.03. The quantitative estimate of drug-likeness (QED) is 0.532. The maximum Gasteiger partial charge on any atom is 0.261 e. The number of carbonyl (C=O) groups is 3. The Morgan fingerprint density at radius 3 is 2.34 bits per heavy atom. The van der Waals surface area contributed by atoms with Gasteiger partial charge >= 0.3 is 0 Å². The first kappa shape index (κ1) is 22.7. The Morgan fingerprint density at radius 1 is 0.914 bits per heavy atom. The third kappa shape index (κ3) is 4.16. The zero-order valence-corrected chi connectivity index (χ0v) is 19.8. The molecule has 1 unspecified atom stereocenters. The van der Waals surface area contributed by atoms with Gasteiger partial charge in [0.2, 0.25) is 0 Å². The minimum absolute atomic E-state index is 0.137. The molecule has 1 saturated heterocycles. The molecule has 3 amide bonds. The van der Waals surface area contributed by atoms with E-state index < -0.39 is 0 Å². The van der Waals surface area contributed by atoms with Crippen molar-refractivity contribution in [2.24, 2.45) is 0 Å². The predicted molar refractivity (Wildman–Crippen MR) is 132 cm³/mol. The highest BCUT2D eigenvalue weighted by atomic mass is 16.2. The van der Waals surface area contributed by atoms with E-state index in [1.807, 2.05) is 50.2 Å². The molecule has 0 N–H and O–H groups in total. The number of nitrogens with zero attached hydrogens (tertiary/aromatic N) is 5. The van der Waals surface area contributed by atoms with E-state index in [0.717, 1.165) is 17.1 Å². The first-order chi connectivity index (χ1) is 17.0. The van der Waals surface area contributed by atoms with Gasteiger partial charge in [-0.3, -0.25) is 19.3 Å². The Bertz CT molecular complexity index is 1280. The lowest BCUT2D eigenvalue weighted by Gasteiger charge is -2.35. The predicted octanol–water partition coefficient (Wildman–Crippen LogP) is 3.50. The number of benzene rings is 2. The fourth-order valence-corrected chi connectivity index (χ4v) is 4.58. The third-order valence-corrected chi connectivity index (χ3v) is 6.81. The van der Waals surface area contributed by atoms with E-state index in [4.69, 9.17) is 0 Å². The average Bonchev–Trinajstić information content (AvgIpc) is 3.17. The highest BCUT2D eigenvalue weighted by Gasteiger charge is 2.38. The Labute approximate surface area is 204 Å². The number of fused-ring (bicyclic) bond motifs is 1. The molecule has 0 saturated carbocycles. The van der Waals surface area contributed by atoms with Gasteiger partial charge in [-0.15, -0.1) is 0 Å². The smallest absolute Gasteiger partial charge is 0.261 e. The van der Waals surface area contributed by atoms with Gasteiger partial charge in [-0.1, -0.05) is 37.3 Å². The van der Waals surface area contributed by atoms with Crippen molar-refractivity contribution in [1.29, 1.82) is 0 Å². The van der Waals surface area contributed by atoms with Crippen LogP contribution < -0.4 is 4.90 Å². The van der Waals surface area contributed by atoms with E-state index in [9.17, 15) is 14.4 Å².